The molecule has 0 unspecified atom stereocenters. The maximum atomic E-state index is 13.4. The van der Waals surface area contributed by atoms with E-state index in [-0.39, 0.29) is 23.0 Å². The van der Waals surface area contributed by atoms with Crippen molar-refractivity contribution in [1.29, 1.82) is 0 Å². The zero-order valence-corrected chi connectivity index (χ0v) is 17.4. The molecule has 0 atom stereocenters. The molecular formula is C25H19N5O3. The molecule has 3 N–H and O–H groups in total. The van der Waals surface area contributed by atoms with Crippen molar-refractivity contribution in [3.8, 4) is 5.75 Å². The van der Waals surface area contributed by atoms with Gasteiger partial charge in [0.1, 0.15) is 11.6 Å². The molecule has 162 valence electrons. The first kappa shape index (κ1) is 20.2. The third-order valence-electron chi connectivity index (χ3n) is 5.32. The monoisotopic (exact) mass is 437 g/mol. The first-order valence-corrected chi connectivity index (χ1v) is 10.3. The second-order valence-electron chi connectivity index (χ2n) is 7.45. The number of hydrogen-bond donors (Lipinski definition) is 3. The highest BCUT2D eigenvalue weighted by atomic mass is 16.3. The smallest absolute Gasteiger partial charge is 0.260 e. The number of phenols is 1. The highest BCUT2D eigenvalue weighted by Gasteiger charge is 2.25. The van der Waals surface area contributed by atoms with Crippen molar-refractivity contribution >= 4 is 34.8 Å². The molecule has 8 heteroatoms. The largest absolute Gasteiger partial charge is 0.507 e. The Balaban J connectivity index is 1.40. The van der Waals surface area contributed by atoms with Gasteiger partial charge < -0.3 is 20.6 Å². The van der Waals surface area contributed by atoms with E-state index >= 15 is 0 Å². The van der Waals surface area contributed by atoms with Gasteiger partial charge in [-0.3, -0.25) is 9.59 Å². The van der Waals surface area contributed by atoms with Crippen LogP contribution in [0.2, 0.25) is 0 Å². The van der Waals surface area contributed by atoms with Gasteiger partial charge in [0.05, 0.1) is 23.4 Å². The first-order chi connectivity index (χ1) is 16.1. The van der Waals surface area contributed by atoms with Crippen LogP contribution in [-0.4, -0.2) is 26.9 Å². The van der Waals surface area contributed by atoms with Crippen molar-refractivity contribution in [3.63, 3.8) is 0 Å². The number of fused-ring (bicyclic) bond motifs is 2. The summed E-state index contributed by atoms with van der Waals surface area (Å²) < 4.78 is 0. The lowest BCUT2D eigenvalue weighted by molar-refractivity contribution is 0.0984. The lowest BCUT2D eigenvalue weighted by Crippen LogP contribution is -2.30. The van der Waals surface area contributed by atoms with Gasteiger partial charge in [-0.05, 0) is 48.0 Å². The fraction of sp³-hybridized carbons (Fsp3) is 0.0400. The van der Waals surface area contributed by atoms with E-state index in [9.17, 15) is 14.7 Å². The van der Waals surface area contributed by atoms with Crippen LogP contribution in [0.25, 0.3) is 0 Å². The lowest BCUT2D eigenvalue weighted by atomic mass is 10.1. The molecule has 2 aromatic carbocycles. The van der Waals surface area contributed by atoms with Crippen molar-refractivity contribution in [3.05, 3.63) is 102 Å². The molecular weight excluding hydrogens is 418 g/mol. The summed E-state index contributed by atoms with van der Waals surface area (Å²) in [5.74, 6) is 0.00731. The van der Waals surface area contributed by atoms with E-state index in [4.69, 9.17) is 0 Å². The summed E-state index contributed by atoms with van der Waals surface area (Å²) in [4.78, 5) is 36.1. The molecule has 33 heavy (non-hydrogen) atoms. The van der Waals surface area contributed by atoms with Crippen molar-refractivity contribution in [1.82, 2.24) is 9.97 Å². The average molecular weight is 437 g/mol. The maximum Gasteiger partial charge on any atom is 0.260 e. The van der Waals surface area contributed by atoms with E-state index in [2.05, 4.69) is 20.6 Å². The van der Waals surface area contributed by atoms with Crippen LogP contribution in [0.15, 0.2) is 85.2 Å². The lowest BCUT2D eigenvalue weighted by Gasteiger charge is -2.22. The van der Waals surface area contributed by atoms with Gasteiger partial charge in [-0.25, -0.2) is 9.97 Å². The van der Waals surface area contributed by atoms with E-state index in [0.717, 1.165) is 11.3 Å². The number of carbonyl (C=O) groups is 2. The highest BCUT2D eigenvalue weighted by Crippen LogP contribution is 2.34. The molecule has 0 aliphatic carbocycles. The van der Waals surface area contributed by atoms with Gasteiger partial charge >= 0.3 is 0 Å². The Morgan fingerprint density at radius 3 is 2.58 bits per heavy atom. The van der Waals surface area contributed by atoms with Gasteiger partial charge in [0.15, 0.2) is 5.82 Å². The van der Waals surface area contributed by atoms with Gasteiger partial charge in [0.25, 0.3) is 11.8 Å². The predicted molar refractivity (Wildman–Crippen MR) is 125 cm³/mol. The number of phenolic OH excluding ortho intramolecular Hbond substituents is 1. The van der Waals surface area contributed by atoms with Crippen LogP contribution in [0.4, 0.5) is 23.0 Å². The Bertz CT molecular complexity index is 1350. The summed E-state index contributed by atoms with van der Waals surface area (Å²) in [6.07, 6.45) is 3.09. The molecule has 1 aliphatic heterocycles. The molecule has 3 heterocycles. The minimum atomic E-state index is -0.491. The summed E-state index contributed by atoms with van der Waals surface area (Å²) >= 11 is 0. The minimum Gasteiger partial charge on any atom is -0.507 e. The van der Waals surface area contributed by atoms with Crippen LogP contribution in [0, 0.1) is 0 Å². The number of nitrogens with one attached hydrogen (secondary N) is 2. The van der Waals surface area contributed by atoms with Crippen LogP contribution < -0.4 is 15.5 Å². The van der Waals surface area contributed by atoms with E-state index in [1.165, 1.54) is 18.3 Å². The summed E-state index contributed by atoms with van der Waals surface area (Å²) in [6.45, 7) is 0.368. The summed E-state index contributed by atoms with van der Waals surface area (Å²) in [5, 5.41) is 15.8. The number of anilines is 4. The minimum absolute atomic E-state index is 0.121. The molecule has 0 bridgehead atoms. The standard InChI is InChI=1S/C25H19N5O3/c31-21-10-4-2-7-18(21)24(32)29-22-12-11-16(14-27-22)25(33)30-15-17-6-1-3-8-19(17)28-23-20(30)9-5-13-26-23/h1-14,31H,15H2,(H,26,28)(H,27,29,32). The topological polar surface area (TPSA) is 107 Å². The summed E-state index contributed by atoms with van der Waals surface area (Å²) in [5.41, 5.74) is 3.02. The zero-order valence-electron chi connectivity index (χ0n) is 17.4. The molecule has 1 aliphatic rings. The summed E-state index contributed by atoms with van der Waals surface area (Å²) in [6, 6.07) is 20.8. The van der Waals surface area contributed by atoms with Crippen LogP contribution in [0.3, 0.4) is 0 Å². The fourth-order valence-corrected chi connectivity index (χ4v) is 3.65. The van der Waals surface area contributed by atoms with Crippen LogP contribution >= 0.6 is 0 Å². The number of para-hydroxylation sites is 2. The van der Waals surface area contributed by atoms with E-state index in [1.807, 2.05) is 30.3 Å². The first-order valence-electron chi connectivity index (χ1n) is 10.3. The highest BCUT2D eigenvalue weighted by molar-refractivity contribution is 6.08. The van der Waals surface area contributed by atoms with Crippen molar-refractivity contribution in [2.24, 2.45) is 0 Å². The second kappa shape index (κ2) is 8.43. The summed E-state index contributed by atoms with van der Waals surface area (Å²) in [7, 11) is 0. The normalized spacial score (nSPS) is 12.1. The Morgan fingerprint density at radius 2 is 1.76 bits per heavy atom. The Kier molecular flexibility index (Phi) is 5.16. The van der Waals surface area contributed by atoms with Crippen molar-refractivity contribution in [2.45, 2.75) is 6.54 Å². The van der Waals surface area contributed by atoms with E-state index in [1.54, 1.807) is 41.4 Å². The zero-order chi connectivity index (χ0) is 22.8. The predicted octanol–water partition coefficient (Wildman–Crippen LogP) is 4.34. The molecule has 2 aromatic heterocycles. The molecule has 0 fully saturated rings. The third kappa shape index (κ3) is 3.97. The number of amides is 2. The van der Waals surface area contributed by atoms with Crippen molar-refractivity contribution < 1.29 is 14.7 Å². The number of benzene rings is 2. The Labute approximate surface area is 189 Å². The molecule has 0 saturated carbocycles. The van der Waals surface area contributed by atoms with Gasteiger partial charge in [-0.15, -0.1) is 0 Å². The number of aromatic nitrogens is 2. The molecule has 0 saturated heterocycles. The van der Waals surface area contributed by atoms with Gasteiger partial charge in [0, 0.05) is 18.1 Å². The van der Waals surface area contributed by atoms with Gasteiger partial charge in [0.2, 0.25) is 0 Å². The quantitative estimate of drug-likeness (QED) is 0.440. The van der Waals surface area contributed by atoms with Gasteiger partial charge in [-0.1, -0.05) is 30.3 Å². The molecule has 8 nitrogen and oxygen atoms in total. The number of carbonyl (C=O) groups excluding carboxylic acids is 2. The maximum absolute atomic E-state index is 13.4. The molecule has 0 radical (unpaired) electrons. The molecule has 0 spiro atoms. The van der Waals surface area contributed by atoms with Crippen LogP contribution in [-0.2, 0) is 6.54 Å². The number of nitrogens with zero attached hydrogens (tertiary/aromatic N) is 3. The second-order valence-corrected chi connectivity index (χ2v) is 7.45. The SMILES string of the molecule is O=C(Nc1ccc(C(=O)N2Cc3ccccc3Nc3ncccc32)cn1)c1ccccc1O. The Hall–Kier alpha value is -4.72. The van der Waals surface area contributed by atoms with Crippen LogP contribution in [0.5, 0.6) is 5.75 Å². The average Bonchev–Trinajstić information content (AvgIpc) is 3.01. The van der Waals surface area contributed by atoms with Gasteiger partial charge in [-0.2, -0.15) is 0 Å². The number of pyridine rings is 2. The number of aromatic hydroxyl groups is 1. The van der Waals surface area contributed by atoms with Crippen LogP contribution in [0.1, 0.15) is 26.3 Å². The molecule has 4 aromatic rings. The number of rotatable bonds is 3. The van der Waals surface area contributed by atoms with E-state index < -0.39 is 5.91 Å². The molecule has 2 amide bonds. The van der Waals surface area contributed by atoms with E-state index in [0.29, 0.717) is 23.6 Å². The number of hydrogen-bond acceptors (Lipinski definition) is 6. The van der Waals surface area contributed by atoms with Crippen molar-refractivity contribution in [2.75, 3.05) is 15.5 Å². The third-order valence-corrected chi connectivity index (χ3v) is 5.32. The fourth-order valence-electron chi connectivity index (χ4n) is 3.65. The molecule has 5 rings (SSSR count). The Morgan fingerprint density at radius 1 is 0.939 bits per heavy atom.